The molecule has 0 radical (unpaired) electrons. The number of benzene rings is 3. The van der Waals surface area contributed by atoms with Gasteiger partial charge >= 0.3 is 0 Å². The number of methoxy groups -OCH3 is 1. The number of carbonyl (C=O) groups excluding carboxylic acids is 2. The number of amides is 2. The molecule has 2 fully saturated rings. The van der Waals surface area contributed by atoms with E-state index in [1.54, 1.807) is 24.3 Å². The largest absolute Gasteiger partial charge is 0.497 e. The first kappa shape index (κ1) is 20.7. The topological polar surface area (TPSA) is 59.1 Å². The standard InChI is InChI=1S/C25H21BrN2O4/c1-25-21(16-8-14-20(31-2)15-9-16)28(19-6-4-3-5-7-19)32-22(25)23(29)27(24(25)30)18-12-10-17(26)11-13-18/h3-15,21-22H,1-2H3. The highest BCUT2D eigenvalue weighted by Gasteiger charge is 2.68. The minimum absolute atomic E-state index is 0.283. The SMILES string of the molecule is COc1ccc(C2N(c3ccccc3)OC3C(=O)N(c4ccc(Br)cc4)C(=O)C32C)cc1. The van der Waals surface area contributed by atoms with Crippen LogP contribution < -0.4 is 14.7 Å². The molecule has 162 valence electrons. The number of carbonyl (C=O) groups is 2. The van der Waals surface area contributed by atoms with Crippen molar-refractivity contribution in [2.24, 2.45) is 5.41 Å². The highest BCUT2D eigenvalue weighted by molar-refractivity contribution is 9.10. The maximum Gasteiger partial charge on any atom is 0.266 e. The van der Waals surface area contributed by atoms with Crippen LogP contribution in [-0.2, 0) is 14.4 Å². The molecule has 3 aromatic rings. The maximum absolute atomic E-state index is 13.9. The van der Waals surface area contributed by atoms with Crippen LogP contribution in [-0.4, -0.2) is 25.0 Å². The lowest BCUT2D eigenvalue weighted by Crippen LogP contribution is -2.41. The van der Waals surface area contributed by atoms with E-state index in [0.717, 1.165) is 15.7 Å². The van der Waals surface area contributed by atoms with Crippen LogP contribution in [0.15, 0.2) is 83.3 Å². The normalized spacial score (nSPS) is 24.7. The Morgan fingerprint density at radius 2 is 1.56 bits per heavy atom. The number of hydroxylamine groups is 1. The Morgan fingerprint density at radius 1 is 0.906 bits per heavy atom. The number of para-hydroxylation sites is 1. The van der Waals surface area contributed by atoms with Gasteiger partial charge < -0.3 is 4.74 Å². The van der Waals surface area contributed by atoms with Gasteiger partial charge in [0.25, 0.3) is 5.91 Å². The van der Waals surface area contributed by atoms with E-state index in [2.05, 4.69) is 15.9 Å². The molecule has 0 N–H and O–H groups in total. The lowest BCUT2D eigenvalue weighted by atomic mass is 9.76. The van der Waals surface area contributed by atoms with Crippen LogP contribution >= 0.6 is 15.9 Å². The molecule has 2 heterocycles. The third kappa shape index (κ3) is 3.04. The molecule has 0 bridgehead atoms. The first-order valence-electron chi connectivity index (χ1n) is 10.2. The van der Waals surface area contributed by atoms with Crippen molar-refractivity contribution < 1.29 is 19.2 Å². The van der Waals surface area contributed by atoms with E-state index in [1.807, 2.05) is 73.7 Å². The van der Waals surface area contributed by atoms with E-state index < -0.39 is 17.6 Å². The van der Waals surface area contributed by atoms with Gasteiger partial charge in [-0.25, -0.2) is 9.96 Å². The highest BCUT2D eigenvalue weighted by atomic mass is 79.9. The first-order valence-corrected chi connectivity index (χ1v) is 11.0. The van der Waals surface area contributed by atoms with Crippen molar-refractivity contribution in [2.75, 3.05) is 17.1 Å². The minimum Gasteiger partial charge on any atom is -0.497 e. The van der Waals surface area contributed by atoms with E-state index >= 15 is 0 Å². The number of rotatable bonds is 4. The molecular formula is C25H21BrN2O4. The summed E-state index contributed by atoms with van der Waals surface area (Å²) in [6, 6.07) is 23.7. The zero-order valence-electron chi connectivity index (χ0n) is 17.6. The van der Waals surface area contributed by atoms with E-state index in [0.29, 0.717) is 11.4 Å². The average molecular weight is 493 g/mol. The van der Waals surface area contributed by atoms with Gasteiger partial charge in [0.05, 0.1) is 24.5 Å². The lowest BCUT2D eigenvalue weighted by molar-refractivity contribution is -0.128. The second-order valence-electron chi connectivity index (χ2n) is 8.06. The molecule has 32 heavy (non-hydrogen) atoms. The van der Waals surface area contributed by atoms with Crippen LogP contribution in [0.3, 0.4) is 0 Å². The Morgan fingerprint density at radius 3 is 2.19 bits per heavy atom. The number of anilines is 2. The van der Waals surface area contributed by atoms with Crippen LogP contribution in [0.25, 0.3) is 0 Å². The fraction of sp³-hybridized carbons (Fsp3) is 0.200. The van der Waals surface area contributed by atoms with Crippen molar-refractivity contribution in [3.05, 3.63) is 88.9 Å². The van der Waals surface area contributed by atoms with Gasteiger partial charge in [-0.15, -0.1) is 0 Å². The summed E-state index contributed by atoms with van der Waals surface area (Å²) >= 11 is 3.40. The summed E-state index contributed by atoms with van der Waals surface area (Å²) in [6.07, 6.45) is -0.939. The predicted octanol–water partition coefficient (Wildman–Crippen LogP) is 4.90. The van der Waals surface area contributed by atoms with Crippen LogP contribution in [0.1, 0.15) is 18.5 Å². The second-order valence-corrected chi connectivity index (χ2v) is 8.98. The zero-order valence-corrected chi connectivity index (χ0v) is 19.2. The summed E-state index contributed by atoms with van der Waals surface area (Å²) in [4.78, 5) is 34.8. The van der Waals surface area contributed by atoms with Gasteiger partial charge in [-0.1, -0.05) is 46.3 Å². The predicted molar refractivity (Wildman–Crippen MR) is 124 cm³/mol. The van der Waals surface area contributed by atoms with Crippen LogP contribution in [0, 0.1) is 5.41 Å². The molecule has 0 aromatic heterocycles. The highest BCUT2D eigenvalue weighted by Crippen LogP contribution is 2.55. The Labute approximate surface area is 194 Å². The second kappa shape index (κ2) is 7.76. The summed E-state index contributed by atoms with van der Waals surface area (Å²) in [6.45, 7) is 1.81. The molecule has 0 saturated carbocycles. The minimum atomic E-state index is -1.12. The summed E-state index contributed by atoms with van der Waals surface area (Å²) in [5.41, 5.74) is 1.05. The van der Waals surface area contributed by atoms with Crippen molar-refractivity contribution in [1.82, 2.24) is 0 Å². The van der Waals surface area contributed by atoms with Crippen molar-refractivity contribution in [1.29, 1.82) is 0 Å². The van der Waals surface area contributed by atoms with Crippen molar-refractivity contribution >= 4 is 39.1 Å². The van der Waals surface area contributed by atoms with Crippen LogP contribution in [0.5, 0.6) is 5.75 Å². The molecule has 2 amide bonds. The molecular weight excluding hydrogens is 472 g/mol. The summed E-state index contributed by atoms with van der Waals surface area (Å²) < 4.78 is 6.17. The van der Waals surface area contributed by atoms with Gasteiger partial charge in [0.1, 0.15) is 11.2 Å². The number of fused-ring (bicyclic) bond motifs is 1. The molecule has 3 unspecified atom stereocenters. The van der Waals surface area contributed by atoms with Gasteiger partial charge in [-0.2, -0.15) is 0 Å². The third-order valence-electron chi connectivity index (χ3n) is 6.20. The number of halogens is 1. The van der Waals surface area contributed by atoms with E-state index in [4.69, 9.17) is 9.57 Å². The van der Waals surface area contributed by atoms with Crippen molar-refractivity contribution in [3.63, 3.8) is 0 Å². The Balaban J connectivity index is 1.62. The smallest absolute Gasteiger partial charge is 0.266 e. The Bertz CT molecular complexity index is 1170. The zero-order chi connectivity index (χ0) is 22.5. The van der Waals surface area contributed by atoms with Gasteiger partial charge in [-0.3, -0.25) is 14.4 Å². The van der Waals surface area contributed by atoms with Crippen LogP contribution in [0.4, 0.5) is 11.4 Å². The fourth-order valence-corrected chi connectivity index (χ4v) is 4.81. The van der Waals surface area contributed by atoms with E-state index in [-0.39, 0.29) is 11.8 Å². The number of ether oxygens (including phenoxy) is 1. The number of nitrogens with zero attached hydrogens (tertiary/aromatic N) is 2. The molecule has 3 atom stereocenters. The van der Waals surface area contributed by atoms with Crippen molar-refractivity contribution in [3.8, 4) is 5.75 Å². The maximum atomic E-state index is 13.9. The number of hydrogen-bond acceptors (Lipinski definition) is 5. The first-order chi connectivity index (χ1) is 15.4. The number of imide groups is 1. The summed E-state index contributed by atoms with van der Waals surface area (Å²) in [5, 5.41) is 1.70. The third-order valence-corrected chi connectivity index (χ3v) is 6.73. The fourth-order valence-electron chi connectivity index (χ4n) is 4.55. The lowest BCUT2D eigenvalue weighted by Gasteiger charge is -2.32. The van der Waals surface area contributed by atoms with Gasteiger partial charge in [0, 0.05) is 4.47 Å². The molecule has 2 saturated heterocycles. The van der Waals surface area contributed by atoms with E-state index in [1.165, 1.54) is 4.90 Å². The molecule has 6 nitrogen and oxygen atoms in total. The molecule has 2 aliphatic rings. The Kier molecular flexibility index (Phi) is 5.03. The van der Waals surface area contributed by atoms with Gasteiger partial charge in [-0.05, 0) is 61.0 Å². The van der Waals surface area contributed by atoms with Gasteiger partial charge in [0.2, 0.25) is 5.91 Å². The quantitative estimate of drug-likeness (QED) is 0.484. The van der Waals surface area contributed by atoms with E-state index in [9.17, 15) is 9.59 Å². The summed E-state index contributed by atoms with van der Waals surface area (Å²) in [7, 11) is 1.61. The number of hydrogen-bond donors (Lipinski definition) is 0. The molecule has 3 aromatic carbocycles. The molecule has 0 spiro atoms. The Hall–Kier alpha value is -3.16. The molecule has 7 heteroatoms. The summed E-state index contributed by atoms with van der Waals surface area (Å²) in [5.74, 6) is 0.0665. The monoisotopic (exact) mass is 492 g/mol. The van der Waals surface area contributed by atoms with Crippen molar-refractivity contribution in [2.45, 2.75) is 19.1 Å². The van der Waals surface area contributed by atoms with Crippen LogP contribution in [0.2, 0.25) is 0 Å². The van der Waals surface area contributed by atoms with Gasteiger partial charge in [0.15, 0.2) is 6.10 Å². The molecule has 0 aliphatic carbocycles. The molecule has 5 rings (SSSR count). The average Bonchev–Trinajstić information content (AvgIpc) is 3.23. The molecule has 2 aliphatic heterocycles.